The molecule has 2 heteroatoms. The molecule has 83 valence electrons. The first-order chi connectivity index (χ1) is 6.77. The largest absolute Gasteiger partial charge is 0.330 e. The van der Waals surface area contributed by atoms with E-state index in [-0.39, 0.29) is 8.80 Å². The molecule has 0 bridgehead atoms. The van der Waals surface area contributed by atoms with Gasteiger partial charge in [0.2, 0.25) is 0 Å². The first-order valence-electron chi connectivity index (χ1n) is 6.38. The highest BCUT2D eigenvalue weighted by Gasteiger charge is 2.21. The maximum absolute atomic E-state index is 6.32. The number of hydrogen-bond donors (Lipinski definition) is 1. The molecule has 0 aliphatic heterocycles. The van der Waals surface area contributed by atoms with E-state index in [0.717, 1.165) is 5.92 Å². The quantitative estimate of drug-likeness (QED) is 0.695. The van der Waals surface area contributed by atoms with E-state index < -0.39 is 0 Å². The van der Waals surface area contributed by atoms with Crippen molar-refractivity contribution < 1.29 is 0 Å². The minimum atomic E-state index is -0.222. The summed E-state index contributed by atoms with van der Waals surface area (Å²) in [6.07, 6.45) is 8.61. The average molecular weight is 212 g/mol. The summed E-state index contributed by atoms with van der Waals surface area (Å²) < 4.78 is 0. The van der Waals surface area contributed by atoms with Gasteiger partial charge >= 0.3 is 0 Å². The van der Waals surface area contributed by atoms with Crippen molar-refractivity contribution in [2.45, 2.75) is 70.1 Å². The van der Waals surface area contributed by atoms with Crippen molar-refractivity contribution in [2.75, 3.05) is 0 Å². The van der Waals surface area contributed by atoms with Gasteiger partial charge in [0.1, 0.15) is 0 Å². The molecule has 0 spiro atoms. The molecule has 0 heterocycles. The van der Waals surface area contributed by atoms with Crippen LogP contribution in [0.4, 0.5) is 0 Å². The van der Waals surface area contributed by atoms with Crippen molar-refractivity contribution in [1.29, 1.82) is 0 Å². The fraction of sp³-hybridized carbons (Fsp3) is 1.00. The third kappa shape index (κ3) is 3.74. The molecule has 0 aromatic rings. The Morgan fingerprint density at radius 1 is 1.14 bits per heavy atom. The van der Waals surface area contributed by atoms with E-state index in [1.807, 2.05) is 0 Å². The summed E-state index contributed by atoms with van der Waals surface area (Å²) in [6.45, 7) is 4.64. The summed E-state index contributed by atoms with van der Waals surface area (Å²) in [4.78, 5) is 0. The molecule has 0 saturated heterocycles. The molecule has 1 aliphatic carbocycles. The molecular formula is C12H26NSi. The second-order valence-corrected chi connectivity index (χ2v) is 8.18. The lowest BCUT2D eigenvalue weighted by atomic mass is 9.87. The lowest BCUT2D eigenvalue weighted by molar-refractivity contribution is 0.334. The van der Waals surface area contributed by atoms with Crippen LogP contribution in [0.5, 0.6) is 0 Å². The van der Waals surface area contributed by atoms with Gasteiger partial charge in [-0.15, -0.1) is 0 Å². The van der Waals surface area contributed by atoms with Crippen LogP contribution in [-0.4, -0.2) is 14.5 Å². The highest BCUT2D eigenvalue weighted by atomic mass is 28.3. The Bertz CT molecular complexity index is 139. The molecule has 0 amide bonds. The predicted molar refractivity (Wildman–Crippen MR) is 65.9 cm³/mol. The van der Waals surface area contributed by atoms with Crippen molar-refractivity contribution in [3.05, 3.63) is 0 Å². The second kappa shape index (κ2) is 6.62. The fourth-order valence-electron chi connectivity index (χ4n) is 2.72. The van der Waals surface area contributed by atoms with Gasteiger partial charge in [0.15, 0.2) is 0 Å². The number of rotatable bonds is 5. The van der Waals surface area contributed by atoms with Crippen LogP contribution in [0.2, 0.25) is 12.1 Å². The Morgan fingerprint density at radius 3 is 2.21 bits per heavy atom. The van der Waals surface area contributed by atoms with E-state index in [4.69, 9.17) is 5.73 Å². The zero-order valence-electron chi connectivity index (χ0n) is 9.89. The van der Waals surface area contributed by atoms with Crippen molar-refractivity contribution in [2.24, 2.45) is 11.7 Å². The van der Waals surface area contributed by atoms with Gasteiger partial charge in [-0.3, -0.25) is 0 Å². The van der Waals surface area contributed by atoms with Crippen LogP contribution >= 0.6 is 0 Å². The second-order valence-electron chi connectivity index (χ2n) is 4.71. The van der Waals surface area contributed by atoms with Gasteiger partial charge in [-0.1, -0.05) is 58.0 Å². The Balaban J connectivity index is 2.26. The van der Waals surface area contributed by atoms with Gasteiger partial charge in [-0.2, -0.15) is 0 Å². The monoisotopic (exact) mass is 212 g/mol. The van der Waals surface area contributed by atoms with E-state index in [2.05, 4.69) is 13.8 Å². The van der Waals surface area contributed by atoms with Crippen LogP contribution in [0.25, 0.3) is 0 Å². The Labute approximate surface area is 91.1 Å². The molecule has 1 atom stereocenters. The molecule has 2 N–H and O–H groups in total. The van der Waals surface area contributed by atoms with Crippen molar-refractivity contribution in [3.8, 4) is 0 Å². The molecule has 1 nitrogen and oxygen atoms in total. The SMILES string of the molecule is CC[Si](CC)C(N)CC1CCCCC1. The molecule has 0 aromatic carbocycles. The zero-order chi connectivity index (χ0) is 10.4. The smallest absolute Gasteiger partial charge is 0.0679 e. The van der Waals surface area contributed by atoms with Crippen LogP contribution in [0.3, 0.4) is 0 Å². The van der Waals surface area contributed by atoms with Crippen LogP contribution in [-0.2, 0) is 0 Å². The lowest BCUT2D eigenvalue weighted by Gasteiger charge is -2.27. The molecule has 0 aromatic heterocycles. The number of hydrogen-bond acceptors (Lipinski definition) is 1. The van der Waals surface area contributed by atoms with Crippen LogP contribution in [0, 0.1) is 5.92 Å². The first kappa shape index (κ1) is 12.2. The van der Waals surface area contributed by atoms with Gasteiger partial charge in [-0.25, -0.2) is 0 Å². The Morgan fingerprint density at radius 2 is 1.71 bits per heavy atom. The molecule has 1 unspecified atom stereocenters. The van der Waals surface area contributed by atoms with Gasteiger partial charge in [0.25, 0.3) is 0 Å². The van der Waals surface area contributed by atoms with E-state index in [9.17, 15) is 0 Å². The summed E-state index contributed by atoms with van der Waals surface area (Å²) >= 11 is 0. The summed E-state index contributed by atoms with van der Waals surface area (Å²) in [5.41, 5.74) is 6.88. The standard InChI is InChI=1S/C12H26NSi/c1-3-14(4-2)12(13)10-11-8-6-5-7-9-11/h11-12H,3-10,13H2,1-2H3. The summed E-state index contributed by atoms with van der Waals surface area (Å²) in [5.74, 6) is 0.969. The normalized spacial score (nSPS) is 21.4. The summed E-state index contributed by atoms with van der Waals surface area (Å²) in [6, 6.07) is 2.71. The van der Waals surface area contributed by atoms with E-state index in [1.165, 1.54) is 50.6 Å². The zero-order valence-corrected chi connectivity index (χ0v) is 10.9. The average Bonchev–Trinajstić information content (AvgIpc) is 2.21. The van der Waals surface area contributed by atoms with E-state index in [1.54, 1.807) is 0 Å². The maximum atomic E-state index is 6.32. The van der Waals surface area contributed by atoms with Crippen molar-refractivity contribution in [1.82, 2.24) is 0 Å². The summed E-state index contributed by atoms with van der Waals surface area (Å²) in [7, 11) is -0.222. The molecular weight excluding hydrogens is 186 g/mol. The minimum Gasteiger partial charge on any atom is -0.330 e. The Hall–Kier alpha value is 0.177. The van der Waals surface area contributed by atoms with Gasteiger partial charge in [-0.05, 0) is 18.0 Å². The molecule has 14 heavy (non-hydrogen) atoms. The number of nitrogens with two attached hydrogens (primary N) is 1. The molecule has 1 aliphatic rings. The van der Waals surface area contributed by atoms with Gasteiger partial charge in [0.05, 0.1) is 8.80 Å². The van der Waals surface area contributed by atoms with Gasteiger partial charge in [0, 0.05) is 0 Å². The van der Waals surface area contributed by atoms with E-state index >= 15 is 0 Å². The van der Waals surface area contributed by atoms with Crippen molar-refractivity contribution >= 4 is 8.80 Å². The first-order valence-corrected chi connectivity index (χ1v) is 8.37. The molecule has 1 rings (SSSR count). The molecule has 1 radical (unpaired) electrons. The third-order valence-electron chi connectivity index (χ3n) is 3.74. The van der Waals surface area contributed by atoms with Gasteiger partial charge < -0.3 is 5.73 Å². The highest BCUT2D eigenvalue weighted by molar-refractivity contribution is 6.60. The van der Waals surface area contributed by atoms with Crippen LogP contribution in [0.15, 0.2) is 0 Å². The minimum absolute atomic E-state index is 0.222. The third-order valence-corrected chi connectivity index (χ3v) is 6.85. The molecule has 1 saturated carbocycles. The molecule has 1 fully saturated rings. The van der Waals surface area contributed by atoms with Crippen LogP contribution < -0.4 is 5.73 Å². The Kier molecular flexibility index (Phi) is 5.79. The maximum Gasteiger partial charge on any atom is 0.0679 e. The lowest BCUT2D eigenvalue weighted by Crippen LogP contribution is -2.39. The topological polar surface area (TPSA) is 26.0 Å². The fourth-order valence-corrected chi connectivity index (χ4v) is 4.94. The van der Waals surface area contributed by atoms with Crippen molar-refractivity contribution in [3.63, 3.8) is 0 Å². The van der Waals surface area contributed by atoms with Crippen LogP contribution in [0.1, 0.15) is 52.4 Å². The highest BCUT2D eigenvalue weighted by Crippen LogP contribution is 2.27. The van der Waals surface area contributed by atoms with E-state index in [0.29, 0.717) is 5.67 Å². The predicted octanol–water partition coefficient (Wildman–Crippen LogP) is 3.36. The summed E-state index contributed by atoms with van der Waals surface area (Å²) in [5, 5.41) is 0.